The number of allylic oxidation sites excluding steroid dienone is 1. The van der Waals surface area contributed by atoms with Crippen molar-refractivity contribution in [3.8, 4) is 0 Å². The van der Waals surface area contributed by atoms with E-state index in [1.54, 1.807) is 16.8 Å². The molecule has 224 valence electrons. The average molecular weight is 615 g/mol. The molecular formula is C36H31FN6OS. The highest BCUT2D eigenvalue weighted by Gasteiger charge is 2.36. The number of hydrogen-bond donors (Lipinski definition) is 2. The smallest absolute Gasteiger partial charge is 0.255 e. The highest BCUT2D eigenvalue weighted by Crippen LogP contribution is 2.40. The molecular weight excluding hydrogens is 584 g/mol. The normalized spacial score (nSPS) is 14.3. The number of carbonyl (C=O) groups is 1. The van der Waals surface area contributed by atoms with Crippen molar-refractivity contribution >= 4 is 40.2 Å². The molecule has 0 bridgehead atoms. The molecule has 0 fully saturated rings. The van der Waals surface area contributed by atoms with Crippen LogP contribution >= 0.6 is 11.8 Å². The van der Waals surface area contributed by atoms with Gasteiger partial charge in [0.05, 0.1) is 5.57 Å². The Hall–Kier alpha value is -5.15. The molecule has 9 heteroatoms. The van der Waals surface area contributed by atoms with Crippen LogP contribution in [-0.2, 0) is 17.1 Å². The Labute approximate surface area is 264 Å². The molecule has 4 aromatic carbocycles. The summed E-state index contributed by atoms with van der Waals surface area (Å²) >= 11 is 1.36. The Kier molecular flexibility index (Phi) is 7.69. The summed E-state index contributed by atoms with van der Waals surface area (Å²) in [5.41, 5.74) is 6.75. The number of aromatic nitrogens is 4. The van der Waals surface area contributed by atoms with Gasteiger partial charge in [-0.2, -0.15) is 4.98 Å². The number of carbonyl (C=O) groups excluding carboxylic acids is 1. The highest BCUT2D eigenvalue weighted by molar-refractivity contribution is 7.98. The van der Waals surface area contributed by atoms with Crippen molar-refractivity contribution in [2.45, 2.75) is 37.3 Å². The summed E-state index contributed by atoms with van der Waals surface area (Å²) in [5.74, 6) is 0.422. The van der Waals surface area contributed by atoms with Crippen LogP contribution < -0.4 is 10.6 Å². The van der Waals surface area contributed by atoms with Gasteiger partial charge in [-0.1, -0.05) is 90.6 Å². The third-order valence-electron chi connectivity index (χ3n) is 7.98. The molecule has 1 unspecified atom stereocenters. The summed E-state index contributed by atoms with van der Waals surface area (Å²) in [6.45, 7) is 4.56. The highest BCUT2D eigenvalue weighted by atomic mass is 32.2. The summed E-state index contributed by atoms with van der Waals surface area (Å²) in [7, 11) is 0. The van der Waals surface area contributed by atoms with E-state index in [1.165, 1.54) is 23.4 Å². The van der Waals surface area contributed by atoms with E-state index in [2.05, 4.69) is 45.7 Å². The van der Waals surface area contributed by atoms with Gasteiger partial charge in [-0.25, -0.2) is 9.07 Å². The molecule has 1 aliphatic rings. The second-order valence-corrected chi connectivity index (χ2v) is 12.1. The van der Waals surface area contributed by atoms with E-state index in [0.717, 1.165) is 27.7 Å². The Morgan fingerprint density at radius 1 is 0.956 bits per heavy atom. The van der Waals surface area contributed by atoms with Crippen molar-refractivity contribution in [3.05, 3.63) is 149 Å². The van der Waals surface area contributed by atoms with Crippen molar-refractivity contribution in [1.82, 2.24) is 19.3 Å². The van der Waals surface area contributed by atoms with E-state index < -0.39 is 6.04 Å². The number of para-hydroxylation sites is 1. The lowest BCUT2D eigenvalue weighted by Gasteiger charge is -2.28. The molecule has 0 aliphatic carbocycles. The van der Waals surface area contributed by atoms with Crippen molar-refractivity contribution < 1.29 is 9.18 Å². The van der Waals surface area contributed by atoms with Gasteiger partial charge in [-0.05, 0) is 54.8 Å². The molecule has 0 radical (unpaired) electrons. The quantitative estimate of drug-likeness (QED) is 0.170. The maximum atomic E-state index is 14.4. The first-order chi connectivity index (χ1) is 21.9. The summed E-state index contributed by atoms with van der Waals surface area (Å²) in [6, 6.07) is 32.4. The Morgan fingerprint density at radius 3 is 2.56 bits per heavy atom. The molecule has 6 aromatic rings. The molecule has 0 saturated heterocycles. The minimum atomic E-state index is -0.566. The van der Waals surface area contributed by atoms with Gasteiger partial charge in [-0.3, -0.25) is 4.79 Å². The number of nitrogens with zero attached hydrogens (tertiary/aromatic N) is 4. The van der Waals surface area contributed by atoms with Gasteiger partial charge in [0.25, 0.3) is 5.91 Å². The van der Waals surface area contributed by atoms with Crippen LogP contribution in [-0.4, -0.2) is 25.2 Å². The van der Waals surface area contributed by atoms with Gasteiger partial charge in [0.2, 0.25) is 11.1 Å². The van der Waals surface area contributed by atoms with Crippen LogP contribution in [0.25, 0.3) is 10.9 Å². The molecule has 1 aliphatic heterocycles. The molecule has 0 saturated carbocycles. The first-order valence-electron chi connectivity index (χ1n) is 14.7. The first-order valence-corrected chi connectivity index (χ1v) is 15.7. The fourth-order valence-corrected chi connectivity index (χ4v) is 6.67. The molecule has 7 nitrogen and oxygen atoms in total. The Balaban J connectivity index is 1.33. The molecule has 1 amide bonds. The van der Waals surface area contributed by atoms with Crippen LogP contribution in [0.2, 0.25) is 0 Å². The van der Waals surface area contributed by atoms with E-state index in [4.69, 9.17) is 10.1 Å². The third kappa shape index (κ3) is 5.74. The molecule has 0 spiro atoms. The van der Waals surface area contributed by atoms with Crippen LogP contribution in [0.1, 0.15) is 35.2 Å². The standard InChI is InChI=1S/C36H31FN6OS/c1-23-11-10-15-27(19-23)39-34(44)32-24(2)38-35-40-36(45-22-26-14-6-8-17-30(26)37)41-43(35)33(32)29-21-42(20-25-12-4-3-5-13-25)31-18-9-7-16-28(29)31/h3-19,21,33H,20,22H2,1-2H3,(H,39,44)(H,38,40,41). The number of anilines is 2. The van der Waals surface area contributed by atoms with Crippen molar-refractivity contribution in [3.63, 3.8) is 0 Å². The number of amides is 1. The van der Waals surface area contributed by atoms with Gasteiger partial charge < -0.3 is 15.2 Å². The lowest BCUT2D eigenvalue weighted by Crippen LogP contribution is -2.31. The summed E-state index contributed by atoms with van der Waals surface area (Å²) in [4.78, 5) is 18.9. The number of hydrogen-bond acceptors (Lipinski definition) is 5. The topological polar surface area (TPSA) is 76.8 Å². The zero-order valence-corrected chi connectivity index (χ0v) is 25.7. The maximum absolute atomic E-state index is 14.4. The predicted octanol–water partition coefficient (Wildman–Crippen LogP) is 7.95. The summed E-state index contributed by atoms with van der Waals surface area (Å²) in [6.07, 6.45) is 2.12. The molecule has 3 heterocycles. The lowest BCUT2D eigenvalue weighted by atomic mass is 9.94. The Morgan fingerprint density at radius 2 is 1.73 bits per heavy atom. The third-order valence-corrected chi connectivity index (χ3v) is 8.86. The average Bonchev–Trinajstić information content (AvgIpc) is 3.61. The zero-order valence-electron chi connectivity index (χ0n) is 24.9. The first kappa shape index (κ1) is 28.6. The van der Waals surface area contributed by atoms with Gasteiger partial charge in [0, 0.05) is 46.3 Å². The predicted molar refractivity (Wildman–Crippen MR) is 178 cm³/mol. The van der Waals surface area contributed by atoms with Crippen molar-refractivity contribution in [1.29, 1.82) is 0 Å². The van der Waals surface area contributed by atoms with Crippen LogP contribution in [0, 0.1) is 12.7 Å². The minimum Gasteiger partial charge on any atom is -0.343 e. The zero-order chi connectivity index (χ0) is 30.9. The fraction of sp³-hybridized carbons (Fsp3) is 0.139. The van der Waals surface area contributed by atoms with Crippen LogP contribution in [0.3, 0.4) is 0 Å². The molecule has 45 heavy (non-hydrogen) atoms. The maximum Gasteiger partial charge on any atom is 0.255 e. The lowest BCUT2D eigenvalue weighted by molar-refractivity contribution is -0.113. The van der Waals surface area contributed by atoms with E-state index in [0.29, 0.717) is 40.2 Å². The van der Waals surface area contributed by atoms with Crippen molar-refractivity contribution in [2.24, 2.45) is 0 Å². The number of halogens is 1. The monoisotopic (exact) mass is 614 g/mol. The minimum absolute atomic E-state index is 0.225. The van der Waals surface area contributed by atoms with E-state index in [9.17, 15) is 9.18 Å². The number of fused-ring (bicyclic) bond motifs is 2. The second kappa shape index (κ2) is 12.1. The summed E-state index contributed by atoms with van der Waals surface area (Å²) < 4.78 is 18.4. The van der Waals surface area contributed by atoms with E-state index in [-0.39, 0.29) is 11.7 Å². The van der Waals surface area contributed by atoms with Crippen LogP contribution in [0.4, 0.5) is 16.0 Å². The van der Waals surface area contributed by atoms with Crippen molar-refractivity contribution in [2.75, 3.05) is 10.6 Å². The Bertz CT molecular complexity index is 2060. The number of aryl methyl sites for hydroxylation is 1. The molecule has 7 rings (SSSR count). The number of benzene rings is 4. The number of nitrogens with one attached hydrogen (secondary N) is 2. The van der Waals surface area contributed by atoms with E-state index in [1.807, 2.05) is 74.5 Å². The van der Waals surface area contributed by atoms with Gasteiger partial charge in [-0.15, -0.1) is 5.10 Å². The van der Waals surface area contributed by atoms with Gasteiger partial charge in [0.1, 0.15) is 11.9 Å². The molecule has 2 N–H and O–H groups in total. The van der Waals surface area contributed by atoms with Gasteiger partial charge >= 0.3 is 0 Å². The summed E-state index contributed by atoms with van der Waals surface area (Å²) in [5, 5.41) is 12.9. The second-order valence-electron chi connectivity index (χ2n) is 11.1. The SMILES string of the molecule is CC1=C(C(=O)Nc2cccc(C)c2)C(c2cn(Cc3ccccc3)c3ccccc23)n2nc(SCc3ccccc3F)nc2N1. The molecule has 1 atom stereocenters. The number of rotatable bonds is 8. The van der Waals surface area contributed by atoms with Crippen LogP contribution in [0.15, 0.2) is 126 Å². The largest absolute Gasteiger partial charge is 0.343 e. The van der Waals surface area contributed by atoms with E-state index >= 15 is 0 Å². The van der Waals surface area contributed by atoms with Gasteiger partial charge in [0.15, 0.2) is 0 Å². The van der Waals surface area contributed by atoms with Crippen LogP contribution in [0.5, 0.6) is 0 Å². The fourth-order valence-electron chi connectivity index (χ4n) is 5.86. The molecule has 2 aromatic heterocycles. The number of thioether (sulfide) groups is 1.